The zero-order valence-electron chi connectivity index (χ0n) is 12.7. The molecule has 24 heavy (non-hydrogen) atoms. The second-order valence-electron chi connectivity index (χ2n) is 4.93. The van der Waals surface area contributed by atoms with Gasteiger partial charge in [0.1, 0.15) is 17.5 Å². The van der Waals surface area contributed by atoms with Crippen LogP contribution in [-0.4, -0.2) is 38.0 Å². The van der Waals surface area contributed by atoms with Crippen LogP contribution >= 0.6 is 0 Å². The van der Waals surface area contributed by atoms with Gasteiger partial charge in [0.15, 0.2) is 0 Å². The highest BCUT2D eigenvalue weighted by Gasteiger charge is 2.16. The molecule has 0 N–H and O–H groups in total. The van der Waals surface area contributed by atoms with Crippen molar-refractivity contribution in [2.75, 3.05) is 7.05 Å². The maximum absolute atomic E-state index is 12.3. The molecule has 3 aromatic rings. The molecular formula is C16H12N6O2. The Labute approximate surface area is 137 Å². The summed E-state index contributed by atoms with van der Waals surface area (Å²) in [5.74, 6) is 0.407. The van der Waals surface area contributed by atoms with Gasteiger partial charge in [0.25, 0.3) is 5.91 Å². The number of rotatable bonds is 4. The first kappa shape index (κ1) is 15.3. The van der Waals surface area contributed by atoms with Gasteiger partial charge in [-0.2, -0.15) is 10.2 Å². The molecular weight excluding hydrogens is 308 g/mol. The molecule has 0 aliphatic heterocycles. The second-order valence-corrected chi connectivity index (χ2v) is 4.93. The van der Waals surface area contributed by atoms with E-state index in [1.165, 1.54) is 17.2 Å². The van der Waals surface area contributed by atoms with Crippen LogP contribution in [0.2, 0.25) is 0 Å². The minimum absolute atomic E-state index is 0.151. The summed E-state index contributed by atoms with van der Waals surface area (Å²) in [6.07, 6.45) is 3.00. The Kier molecular flexibility index (Phi) is 4.25. The molecule has 0 bridgehead atoms. The third-order valence-electron chi connectivity index (χ3n) is 3.21. The lowest BCUT2D eigenvalue weighted by atomic mass is 10.2. The summed E-state index contributed by atoms with van der Waals surface area (Å²) >= 11 is 0. The average molecular weight is 320 g/mol. The van der Waals surface area contributed by atoms with E-state index in [9.17, 15) is 4.79 Å². The Morgan fingerprint density at radius 1 is 1.29 bits per heavy atom. The van der Waals surface area contributed by atoms with Gasteiger partial charge >= 0.3 is 0 Å². The number of aromatic nitrogens is 4. The van der Waals surface area contributed by atoms with Crippen molar-refractivity contribution in [1.29, 1.82) is 5.26 Å². The van der Waals surface area contributed by atoms with E-state index in [0.29, 0.717) is 23.0 Å². The van der Waals surface area contributed by atoms with Crippen LogP contribution in [-0.2, 0) is 6.54 Å². The molecule has 0 aromatic carbocycles. The van der Waals surface area contributed by atoms with Crippen molar-refractivity contribution in [3.05, 3.63) is 59.9 Å². The van der Waals surface area contributed by atoms with Crippen molar-refractivity contribution in [3.63, 3.8) is 0 Å². The van der Waals surface area contributed by atoms with E-state index < -0.39 is 0 Å². The molecule has 0 unspecified atom stereocenters. The monoisotopic (exact) mass is 320 g/mol. The highest BCUT2D eigenvalue weighted by molar-refractivity contribution is 5.93. The van der Waals surface area contributed by atoms with Crippen molar-refractivity contribution >= 4 is 5.91 Å². The minimum atomic E-state index is -0.260. The maximum Gasteiger partial charge on any atom is 0.255 e. The van der Waals surface area contributed by atoms with Crippen LogP contribution in [0.1, 0.15) is 21.9 Å². The minimum Gasteiger partial charge on any atom is -0.337 e. The summed E-state index contributed by atoms with van der Waals surface area (Å²) in [4.78, 5) is 26.0. The van der Waals surface area contributed by atoms with Crippen LogP contribution in [0.5, 0.6) is 0 Å². The second kappa shape index (κ2) is 6.66. The Morgan fingerprint density at radius 2 is 2.17 bits per heavy atom. The SMILES string of the molecule is CN(Cc1nc(-c2ccccn2)no1)C(=O)c1ccc(C#N)nc1. The summed E-state index contributed by atoms with van der Waals surface area (Å²) in [5.41, 5.74) is 1.23. The van der Waals surface area contributed by atoms with Gasteiger partial charge < -0.3 is 9.42 Å². The fourth-order valence-electron chi connectivity index (χ4n) is 2.00. The summed E-state index contributed by atoms with van der Waals surface area (Å²) in [7, 11) is 1.62. The van der Waals surface area contributed by atoms with Gasteiger partial charge in [-0.15, -0.1) is 0 Å². The molecule has 3 aromatic heterocycles. The summed E-state index contributed by atoms with van der Waals surface area (Å²) in [6.45, 7) is 0.151. The van der Waals surface area contributed by atoms with Gasteiger partial charge in [0, 0.05) is 19.4 Å². The summed E-state index contributed by atoms with van der Waals surface area (Å²) < 4.78 is 5.16. The number of nitriles is 1. The molecule has 118 valence electrons. The molecule has 0 radical (unpaired) electrons. The van der Waals surface area contributed by atoms with Crippen LogP contribution in [0.4, 0.5) is 0 Å². The van der Waals surface area contributed by atoms with Gasteiger partial charge in [-0.25, -0.2) is 4.98 Å². The quantitative estimate of drug-likeness (QED) is 0.719. The van der Waals surface area contributed by atoms with E-state index in [1.54, 1.807) is 31.4 Å². The largest absolute Gasteiger partial charge is 0.337 e. The van der Waals surface area contributed by atoms with Crippen LogP contribution in [0.25, 0.3) is 11.5 Å². The van der Waals surface area contributed by atoms with Crippen molar-refractivity contribution in [1.82, 2.24) is 25.0 Å². The van der Waals surface area contributed by atoms with Crippen molar-refractivity contribution in [2.45, 2.75) is 6.54 Å². The number of hydrogen-bond acceptors (Lipinski definition) is 7. The number of pyridine rings is 2. The normalized spacial score (nSPS) is 10.2. The van der Waals surface area contributed by atoms with Gasteiger partial charge in [-0.1, -0.05) is 11.2 Å². The van der Waals surface area contributed by atoms with Gasteiger partial charge in [0.05, 0.1) is 12.1 Å². The molecule has 0 spiro atoms. The first-order chi connectivity index (χ1) is 11.7. The Balaban J connectivity index is 1.70. The first-order valence-electron chi connectivity index (χ1n) is 7.03. The lowest BCUT2D eigenvalue weighted by Gasteiger charge is -2.14. The van der Waals surface area contributed by atoms with Gasteiger partial charge in [0.2, 0.25) is 11.7 Å². The third kappa shape index (κ3) is 3.25. The van der Waals surface area contributed by atoms with E-state index in [2.05, 4.69) is 20.1 Å². The van der Waals surface area contributed by atoms with Gasteiger partial charge in [-0.3, -0.25) is 9.78 Å². The maximum atomic E-state index is 12.3. The molecule has 0 saturated carbocycles. The molecule has 8 nitrogen and oxygen atoms in total. The first-order valence-corrected chi connectivity index (χ1v) is 7.03. The zero-order valence-corrected chi connectivity index (χ0v) is 12.7. The molecule has 1 amide bonds. The molecule has 0 atom stereocenters. The molecule has 3 rings (SSSR count). The standard InChI is InChI=1S/C16H12N6O2/c1-22(16(23)11-5-6-12(8-17)19-9-11)10-14-20-15(21-24-14)13-4-2-3-7-18-13/h2-7,9H,10H2,1H3. The van der Waals surface area contributed by atoms with Crippen molar-refractivity contribution in [3.8, 4) is 17.6 Å². The number of hydrogen-bond donors (Lipinski definition) is 0. The molecule has 3 heterocycles. The number of nitrogens with zero attached hydrogens (tertiary/aromatic N) is 6. The van der Waals surface area contributed by atoms with Crippen LogP contribution in [0.3, 0.4) is 0 Å². The Hall–Kier alpha value is -3.60. The molecule has 0 saturated heterocycles. The Bertz CT molecular complexity index is 883. The third-order valence-corrected chi connectivity index (χ3v) is 3.21. The number of carbonyl (C=O) groups is 1. The van der Waals surface area contributed by atoms with Crippen molar-refractivity contribution < 1.29 is 9.32 Å². The molecule has 8 heteroatoms. The fourth-order valence-corrected chi connectivity index (χ4v) is 2.00. The van der Waals surface area contributed by atoms with Gasteiger partial charge in [-0.05, 0) is 24.3 Å². The number of carbonyl (C=O) groups excluding carboxylic acids is 1. The highest BCUT2D eigenvalue weighted by atomic mass is 16.5. The predicted molar refractivity (Wildman–Crippen MR) is 82.3 cm³/mol. The lowest BCUT2D eigenvalue weighted by Crippen LogP contribution is -2.26. The van der Waals surface area contributed by atoms with Crippen LogP contribution < -0.4 is 0 Å². The van der Waals surface area contributed by atoms with Crippen LogP contribution in [0, 0.1) is 11.3 Å². The highest BCUT2D eigenvalue weighted by Crippen LogP contribution is 2.13. The van der Waals surface area contributed by atoms with E-state index in [-0.39, 0.29) is 18.1 Å². The smallest absolute Gasteiger partial charge is 0.255 e. The molecule has 0 fully saturated rings. The van der Waals surface area contributed by atoms with E-state index in [4.69, 9.17) is 9.78 Å². The average Bonchev–Trinajstić information content (AvgIpc) is 3.10. The van der Waals surface area contributed by atoms with E-state index in [1.807, 2.05) is 12.1 Å². The van der Waals surface area contributed by atoms with Crippen molar-refractivity contribution in [2.24, 2.45) is 0 Å². The van der Waals surface area contributed by atoms with E-state index >= 15 is 0 Å². The summed E-state index contributed by atoms with van der Waals surface area (Å²) in [6, 6.07) is 10.3. The lowest BCUT2D eigenvalue weighted by molar-refractivity contribution is 0.0769. The molecule has 0 aliphatic rings. The fraction of sp³-hybridized carbons (Fsp3) is 0.125. The summed E-state index contributed by atoms with van der Waals surface area (Å²) in [5, 5.41) is 12.6. The Morgan fingerprint density at radius 3 is 2.83 bits per heavy atom. The predicted octanol–water partition coefficient (Wildman–Crippen LogP) is 1.67. The topological polar surface area (TPSA) is 109 Å². The molecule has 0 aliphatic carbocycles. The van der Waals surface area contributed by atoms with Crippen LogP contribution in [0.15, 0.2) is 47.2 Å². The van der Waals surface area contributed by atoms with E-state index in [0.717, 1.165) is 0 Å². The zero-order chi connectivity index (χ0) is 16.9. The number of amides is 1.